The molecule has 0 aliphatic carbocycles. The van der Waals surface area contributed by atoms with E-state index in [1.807, 2.05) is 12.1 Å². The lowest BCUT2D eigenvalue weighted by Gasteiger charge is -2.20. The summed E-state index contributed by atoms with van der Waals surface area (Å²) in [4.78, 5) is 14.6. The van der Waals surface area contributed by atoms with E-state index >= 15 is 0 Å². The Labute approximate surface area is 118 Å². The first kappa shape index (κ1) is 15.8. The first-order chi connectivity index (χ1) is 9.40. The summed E-state index contributed by atoms with van der Waals surface area (Å²) in [5, 5.41) is 3.64. The van der Waals surface area contributed by atoms with Gasteiger partial charge in [0.05, 0.1) is 5.41 Å². The Morgan fingerprint density at radius 2 is 2.15 bits per heavy atom. The number of carbonyl (C=O) groups excluding carboxylic acids is 1. The third kappa shape index (κ3) is 4.14. The highest BCUT2D eigenvalue weighted by molar-refractivity contribution is 5.75. The van der Waals surface area contributed by atoms with Crippen LogP contribution < -0.4 is 0 Å². The van der Waals surface area contributed by atoms with Crippen molar-refractivity contribution in [3.8, 4) is 0 Å². The molecule has 1 atom stereocenters. The van der Waals surface area contributed by atoms with Crippen LogP contribution in [0.15, 0.2) is 42.0 Å². The quantitative estimate of drug-likeness (QED) is 0.260. The first-order valence-electron chi connectivity index (χ1n) is 6.34. The molecule has 106 valence electrons. The van der Waals surface area contributed by atoms with Crippen LogP contribution in [-0.2, 0) is 9.53 Å². The number of benzene rings is 1. The summed E-state index contributed by atoms with van der Waals surface area (Å²) in [5.41, 5.74) is 9.34. The maximum Gasteiger partial charge on any atom is 0.311 e. The molecule has 0 bridgehead atoms. The van der Waals surface area contributed by atoms with E-state index in [1.54, 1.807) is 39.0 Å². The Bertz CT molecular complexity index is 540. The SMILES string of the molecule is C=CC(COC(=O)C(C)(C)C)c1ccccc1N=[N+]=[N-]. The minimum absolute atomic E-state index is 0.178. The second-order valence-electron chi connectivity index (χ2n) is 5.44. The topological polar surface area (TPSA) is 75.1 Å². The molecule has 0 aromatic heterocycles. The Kier molecular flexibility index (Phi) is 5.35. The molecule has 20 heavy (non-hydrogen) atoms. The number of esters is 1. The van der Waals surface area contributed by atoms with Crippen molar-refractivity contribution < 1.29 is 9.53 Å². The number of hydrogen-bond acceptors (Lipinski definition) is 3. The van der Waals surface area contributed by atoms with Crippen LogP contribution in [0.5, 0.6) is 0 Å². The molecule has 0 heterocycles. The standard InChI is InChI=1S/C15H19N3O2/c1-5-11(10-20-14(19)15(2,3)4)12-8-6-7-9-13(12)17-18-16/h5-9,11H,1,10H2,2-4H3. The van der Waals surface area contributed by atoms with Gasteiger partial charge in [0.1, 0.15) is 6.61 Å². The number of azide groups is 1. The zero-order chi connectivity index (χ0) is 15.2. The molecule has 5 nitrogen and oxygen atoms in total. The summed E-state index contributed by atoms with van der Waals surface area (Å²) in [6.07, 6.45) is 1.68. The molecule has 0 spiro atoms. The molecular weight excluding hydrogens is 254 g/mol. The molecule has 1 aromatic rings. The highest BCUT2D eigenvalue weighted by Crippen LogP contribution is 2.29. The summed E-state index contributed by atoms with van der Waals surface area (Å²) >= 11 is 0. The fourth-order valence-electron chi connectivity index (χ4n) is 1.61. The summed E-state index contributed by atoms with van der Waals surface area (Å²) in [6, 6.07) is 7.18. The van der Waals surface area contributed by atoms with Gasteiger partial charge < -0.3 is 4.74 Å². The maximum absolute atomic E-state index is 11.8. The minimum atomic E-state index is -0.546. The smallest absolute Gasteiger partial charge is 0.311 e. The van der Waals surface area contributed by atoms with Gasteiger partial charge in [0, 0.05) is 16.5 Å². The number of carbonyl (C=O) groups is 1. The Morgan fingerprint density at radius 1 is 1.50 bits per heavy atom. The van der Waals surface area contributed by atoms with Crippen molar-refractivity contribution in [2.45, 2.75) is 26.7 Å². The Morgan fingerprint density at radius 3 is 2.70 bits per heavy atom. The summed E-state index contributed by atoms with van der Waals surface area (Å²) < 4.78 is 5.30. The largest absolute Gasteiger partial charge is 0.464 e. The molecule has 0 aliphatic heterocycles. The van der Waals surface area contributed by atoms with Crippen molar-refractivity contribution in [2.75, 3.05) is 6.61 Å². The van der Waals surface area contributed by atoms with E-state index in [0.717, 1.165) is 5.56 Å². The normalized spacial score (nSPS) is 12.2. The van der Waals surface area contributed by atoms with Gasteiger partial charge in [0.2, 0.25) is 0 Å². The minimum Gasteiger partial charge on any atom is -0.464 e. The van der Waals surface area contributed by atoms with Crippen LogP contribution >= 0.6 is 0 Å². The van der Waals surface area contributed by atoms with Crippen LogP contribution in [0.1, 0.15) is 32.3 Å². The molecule has 0 radical (unpaired) electrons. The molecule has 0 saturated heterocycles. The van der Waals surface area contributed by atoms with Crippen LogP contribution in [0.25, 0.3) is 10.4 Å². The molecule has 5 heteroatoms. The Hall–Kier alpha value is -2.26. The monoisotopic (exact) mass is 273 g/mol. The average molecular weight is 273 g/mol. The molecule has 1 rings (SSSR count). The molecule has 1 aromatic carbocycles. The molecule has 0 N–H and O–H groups in total. The van der Waals surface area contributed by atoms with E-state index in [9.17, 15) is 4.79 Å². The lowest BCUT2D eigenvalue weighted by atomic mass is 9.96. The van der Waals surface area contributed by atoms with Gasteiger partial charge in [0.25, 0.3) is 0 Å². The number of ether oxygens (including phenoxy) is 1. The third-order valence-electron chi connectivity index (χ3n) is 2.78. The van der Waals surface area contributed by atoms with Gasteiger partial charge >= 0.3 is 5.97 Å². The van der Waals surface area contributed by atoms with Crippen LogP contribution in [0.4, 0.5) is 5.69 Å². The molecule has 0 fully saturated rings. The van der Waals surface area contributed by atoms with Gasteiger partial charge in [-0.2, -0.15) is 0 Å². The highest BCUT2D eigenvalue weighted by Gasteiger charge is 2.24. The van der Waals surface area contributed by atoms with Gasteiger partial charge in [-0.3, -0.25) is 4.79 Å². The predicted octanol–water partition coefficient (Wildman–Crippen LogP) is 4.49. The fraction of sp³-hybridized carbons (Fsp3) is 0.400. The molecule has 0 aliphatic rings. The van der Waals surface area contributed by atoms with Crippen LogP contribution in [-0.4, -0.2) is 12.6 Å². The van der Waals surface area contributed by atoms with Crippen molar-refractivity contribution in [1.29, 1.82) is 0 Å². The van der Waals surface area contributed by atoms with Gasteiger partial charge in [-0.25, -0.2) is 0 Å². The van der Waals surface area contributed by atoms with E-state index in [4.69, 9.17) is 10.3 Å². The molecular formula is C15H19N3O2. The van der Waals surface area contributed by atoms with Crippen molar-refractivity contribution >= 4 is 11.7 Å². The fourth-order valence-corrected chi connectivity index (χ4v) is 1.61. The van der Waals surface area contributed by atoms with Gasteiger partial charge in [-0.1, -0.05) is 35.5 Å². The van der Waals surface area contributed by atoms with E-state index in [0.29, 0.717) is 5.69 Å². The van der Waals surface area contributed by atoms with Crippen molar-refractivity contribution in [3.63, 3.8) is 0 Å². The van der Waals surface area contributed by atoms with Crippen molar-refractivity contribution in [3.05, 3.63) is 52.9 Å². The summed E-state index contributed by atoms with van der Waals surface area (Å²) in [5.74, 6) is -0.478. The first-order valence-corrected chi connectivity index (χ1v) is 6.34. The van der Waals surface area contributed by atoms with Crippen molar-refractivity contribution in [2.24, 2.45) is 10.5 Å². The molecule has 0 amide bonds. The zero-order valence-electron chi connectivity index (χ0n) is 12.0. The summed E-state index contributed by atoms with van der Waals surface area (Å²) in [7, 11) is 0. The third-order valence-corrected chi connectivity index (χ3v) is 2.78. The number of rotatable bonds is 5. The van der Waals surface area contributed by atoms with E-state index in [1.165, 1.54) is 0 Å². The maximum atomic E-state index is 11.8. The average Bonchev–Trinajstić information content (AvgIpc) is 2.40. The lowest BCUT2D eigenvalue weighted by Crippen LogP contribution is -2.24. The van der Waals surface area contributed by atoms with E-state index in [-0.39, 0.29) is 18.5 Å². The van der Waals surface area contributed by atoms with Gasteiger partial charge in [-0.15, -0.1) is 6.58 Å². The molecule has 1 unspecified atom stereocenters. The second-order valence-corrected chi connectivity index (χ2v) is 5.44. The van der Waals surface area contributed by atoms with Crippen molar-refractivity contribution in [1.82, 2.24) is 0 Å². The van der Waals surface area contributed by atoms with E-state index in [2.05, 4.69) is 16.6 Å². The molecule has 0 saturated carbocycles. The van der Waals surface area contributed by atoms with Crippen LogP contribution in [0.2, 0.25) is 0 Å². The van der Waals surface area contributed by atoms with Gasteiger partial charge in [0.15, 0.2) is 0 Å². The number of hydrogen-bond donors (Lipinski definition) is 0. The van der Waals surface area contributed by atoms with E-state index < -0.39 is 5.41 Å². The van der Waals surface area contributed by atoms with Crippen LogP contribution in [0, 0.1) is 5.41 Å². The second kappa shape index (κ2) is 6.78. The number of nitrogens with zero attached hydrogens (tertiary/aromatic N) is 3. The Balaban J connectivity index is 2.90. The highest BCUT2D eigenvalue weighted by atomic mass is 16.5. The zero-order valence-corrected chi connectivity index (χ0v) is 12.0. The van der Waals surface area contributed by atoms with Gasteiger partial charge in [-0.05, 0) is 31.9 Å². The van der Waals surface area contributed by atoms with Crippen LogP contribution in [0.3, 0.4) is 0 Å². The lowest BCUT2D eigenvalue weighted by molar-refractivity contribution is -0.153. The summed E-state index contributed by atoms with van der Waals surface area (Å²) in [6.45, 7) is 9.32. The predicted molar refractivity (Wildman–Crippen MR) is 78.6 cm³/mol.